The van der Waals surface area contributed by atoms with Crippen molar-refractivity contribution in [1.82, 2.24) is 10.3 Å². The fourth-order valence-electron chi connectivity index (χ4n) is 2.65. The van der Waals surface area contributed by atoms with Gasteiger partial charge in [-0.2, -0.15) is 0 Å². The molecule has 0 aromatic carbocycles. The molecule has 3 rings (SSSR count). The van der Waals surface area contributed by atoms with Crippen LogP contribution in [-0.2, 0) is 11.2 Å². The molecule has 1 amide bonds. The maximum Gasteiger partial charge on any atom is 0.253 e. The van der Waals surface area contributed by atoms with E-state index in [1.165, 1.54) is 6.26 Å². The molecule has 0 radical (unpaired) electrons. The van der Waals surface area contributed by atoms with E-state index in [-0.39, 0.29) is 23.4 Å². The summed E-state index contributed by atoms with van der Waals surface area (Å²) in [6.45, 7) is 7.65. The molecule has 0 saturated carbocycles. The average molecular weight is 339 g/mol. The van der Waals surface area contributed by atoms with Crippen molar-refractivity contribution in [1.29, 1.82) is 0 Å². The smallest absolute Gasteiger partial charge is 0.253 e. The molecular weight excluding hydrogens is 318 g/mol. The lowest BCUT2D eigenvalue weighted by atomic mass is 9.89. The van der Waals surface area contributed by atoms with Crippen LogP contribution in [0.15, 0.2) is 40.1 Å². The standard InChI is InChI=1S/C19H21N3O3/c1-5-12-9-13(16(23)14-7-6-8-25-14)15(20-10-12)17-21-18(24)19(4,22-17)11(2)3/h6-11H,5H2,1-4H3,(H,21,22,24). The Morgan fingerprint density at radius 1 is 1.40 bits per heavy atom. The normalized spacial score (nSPS) is 19.9. The third kappa shape index (κ3) is 2.88. The van der Waals surface area contributed by atoms with Gasteiger partial charge in [-0.05, 0) is 43.0 Å². The monoisotopic (exact) mass is 339 g/mol. The summed E-state index contributed by atoms with van der Waals surface area (Å²) in [5.74, 6) is 0.115. The number of ketones is 1. The molecule has 1 aliphatic rings. The lowest BCUT2D eigenvalue weighted by molar-refractivity contribution is -0.124. The van der Waals surface area contributed by atoms with Gasteiger partial charge in [-0.25, -0.2) is 4.99 Å². The number of hydrogen-bond acceptors (Lipinski definition) is 5. The molecule has 0 bridgehead atoms. The highest BCUT2D eigenvalue weighted by molar-refractivity contribution is 6.20. The van der Waals surface area contributed by atoms with Crippen molar-refractivity contribution < 1.29 is 14.0 Å². The molecule has 1 N–H and O–H groups in total. The maximum absolute atomic E-state index is 12.8. The van der Waals surface area contributed by atoms with Crippen molar-refractivity contribution in [2.75, 3.05) is 0 Å². The van der Waals surface area contributed by atoms with Gasteiger partial charge in [0.25, 0.3) is 5.91 Å². The Bertz CT molecular complexity index is 853. The zero-order valence-electron chi connectivity index (χ0n) is 14.8. The predicted octanol–water partition coefficient (Wildman–Crippen LogP) is 2.76. The molecule has 1 unspecified atom stereocenters. The van der Waals surface area contributed by atoms with Crippen molar-refractivity contribution in [3.8, 4) is 0 Å². The zero-order chi connectivity index (χ0) is 18.2. The Kier molecular flexibility index (Phi) is 4.29. The Labute approximate surface area is 146 Å². The molecule has 130 valence electrons. The summed E-state index contributed by atoms with van der Waals surface area (Å²) in [6.07, 6.45) is 3.90. The number of carbonyl (C=O) groups excluding carboxylic acids is 2. The Morgan fingerprint density at radius 2 is 2.16 bits per heavy atom. The predicted molar refractivity (Wildman–Crippen MR) is 93.7 cm³/mol. The first-order chi connectivity index (χ1) is 11.9. The number of pyridine rings is 1. The summed E-state index contributed by atoms with van der Waals surface area (Å²) in [4.78, 5) is 34.2. The second kappa shape index (κ2) is 6.27. The van der Waals surface area contributed by atoms with Gasteiger partial charge in [0.2, 0.25) is 5.78 Å². The van der Waals surface area contributed by atoms with Crippen LogP contribution in [-0.4, -0.2) is 28.0 Å². The van der Waals surface area contributed by atoms with E-state index >= 15 is 0 Å². The molecule has 0 saturated heterocycles. The summed E-state index contributed by atoms with van der Waals surface area (Å²) in [7, 11) is 0. The number of nitrogens with zero attached hydrogens (tertiary/aromatic N) is 2. The largest absolute Gasteiger partial charge is 0.461 e. The molecule has 0 spiro atoms. The second-order valence-electron chi connectivity index (χ2n) is 6.62. The van der Waals surface area contributed by atoms with Gasteiger partial charge < -0.3 is 9.73 Å². The highest BCUT2D eigenvalue weighted by Crippen LogP contribution is 2.28. The first kappa shape index (κ1) is 17.1. The van der Waals surface area contributed by atoms with Crippen LogP contribution in [0.4, 0.5) is 0 Å². The molecule has 2 aromatic heterocycles. The van der Waals surface area contributed by atoms with Crippen molar-refractivity contribution in [2.45, 2.75) is 39.7 Å². The topological polar surface area (TPSA) is 84.6 Å². The van der Waals surface area contributed by atoms with Crippen LogP contribution in [0.5, 0.6) is 0 Å². The minimum absolute atomic E-state index is 0.0177. The van der Waals surface area contributed by atoms with Gasteiger partial charge in [0.05, 0.1) is 11.8 Å². The lowest BCUT2D eigenvalue weighted by Gasteiger charge is -2.21. The van der Waals surface area contributed by atoms with Gasteiger partial charge in [-0.3, -0.25) is 14.6 Å². The molecule has 2 aromatic rings. The van der Waals surface area contributed by atoms with Gasteiger partial charge in [0.15, 0.2) is 11.6 Å². The van der Waals surface area contributed by atoms with Crippen molar-refractivity contribution >= 4 is 17.5 Å². The van der Waals surface area contributed by atoms with Gasteiger partial charge in [0, 0.05) is 6.20 Å². The van der Waals surface area contributed by atoms with E-state index in [0.717, 1.165) is 12.0 Å². The molecule has 0 aliphatic carbocycles. The number of aryl methyl sites for hydroxylation is 1. The summed E-state index contributed by atoms with van der Waals surface area (Å²) < 4.78 is 5.24. The van der Waals surface area contributed by atoms with Gasteiger partial charge in [0.1, 0.15) is 11.2 Å². The van der Waals surface area contributed by atoms with Crippen LogP contribution >= 0.6 is 0 Å². The molecule has 6 nitrogen and oxygen atoms in total. The second-order valence-corrected chi connectivity index (χ2v) is 6.62. The van der Waals surface area contributed by atoms with E-state index in [0.29, 0.717) is 17.1 Å². The Balaban J connectivity index is 2.11. The third-order valence-electron chi connectivity index (χ3n) is 4.73. The summed E-state index contributed by atoms with van der Waals surface area (Å²) >= 11 is 0. The van der Waals surface area contributed by atoms with Crippen LogP contribution in [0.1, 0.15) is 55.1 Å². The van der Waals surface area contributed by atoms with E-state index in [1.54, 1.807) is 31.3 Å². The molecule has 0 fully saturated rings. The number of rotatable bonds is 5. The molecule has 3 heterocycles. The number of aliphatic imine (C=N–C) groups is 1. The summed E-state index contributed by atoms with van der Waals surface area (Å²) in [5, 5.41) is 2.79. The highest BCUT2D eigenvalue weighted by atomic mass is 16.3. The first-order valence-corrected chi connectivity index (χ1v) is 8.35. The van der Waals surface area contributed by atoms with Crippen molar-refractivity contribution in [3.05, 3.63) is 53.2 Å². The first-order valence-electron chi connectivity index (χ1n) is 8.35. The number of carbonyl (C=O) groups is 2. The van der Waals surface area contributed by atoms with Crippen LogP contribution < -0.4 is 5.32 Å². The Morgan fingerprint density at radius 3 is 2.72 bits per heavy atom. The number of furan rings is 1. The van der Waals surface area contributed by atoms with Gasteiger partial charge in [-0.15, -0.1) is 0 Å². The Hall–Kier alpha value is -2.76. The number of aromatic nitrogens is 1. The van der Waals surface area contributed by atoms with Crippen LogP contribution in [0.2, 0.25) is 0 Å². The average Bonchev–Trinajstić information content (AvgIpc) is 3.23. The van der Waals surface area contributed by atoms with E-state index in [4.69, 9.17) is 4.42 Å². The van der Waals surface area contributed by atoms with Crippen LogP contribution in [0.3, 0.4) is 0 Å². The van der Waals surface area contributed by atoms with Gasteiger partial charge in [-0.1, -0.05) is 20.8 Å². The summed E-state index contributed by atoms with van der Waals surface area (Å²) in [6, 6.07) is 5.06. The molecule has 1 atom stereocenters. The van der Waals surface area contributed by atoms with E-state index in [1.807, 2.05) is 20.8 Å². The van der Waals surface area contributed by atoms with Crippen molar-refractivity contribution in [3.63, 3.8) is 0 Å². The van der Waals surface area contributed by atoms with Crippen LogP contribution in [0.25, 0.3) is 0 Å². The molecule has 1 aliphatic heterocycles. The third-order valence-corrected chi connectivity index (χ3v) is 4.73. The van der Waals surface area contributed by atoms with E-state index in [9.17, 15) is 9.59 Å². The number of hydrogen-bond donors (Lipinski definition) is 1. The molecule has 25 heavy (non-hydrogen) atoms. The van der Waals surface area contributed by atoms with E-state index in [2.05, 4.69) is 15.3 Å². The quantitative estimate of drug-likeness (QED) is 0.849. The summed E-state index contributed by atoms with van der Waals surface area (Å²) in [5.41, 5.74) is 0.804. The minimum Gasteiger partial charge on any atom is -0.461 e. The zero-order valence-corrected chi connectivity index (χ0v) is 14.8. The fraction of sp³-hybridized carbons (Fsp3) is 0.368. The number of amidine groups is 1. The minimum atomic E-state index is -0.870. The number of nitrogens with one attached hydrogen (secondary N) is 1. The SMILES string of the molecule is CCc1cnc(C2=NC(C)(C(C)C)C(=O)N2)c(C(=O)c2ccco2)c1. The van der Waals surface area contributed by atoms with Crippen molar-refractivity contribution in [2.24, 2.45) is 10.9 Å². The molecular formula is C19H21N3O3. The highest BCUT2D eigenvalue weighted by Gasteiger charge is 2.43. The number of amides is 1. The molecule has 6 heteroatoms. The lowest BCUT2D eigenvalue weighted by Crippen LogP contribution is -2.41. The maximum atomic E-state index is 12.8. The van der Waals surface area contributed by atoms with Gasteiger partial charge >= 0.3 is 0 Å². The van der Waals surface area contributed by atoms with E-state index < -0.39 is 5.54 Å². The van der Waals surface area contributed by atoms with Crippen LogP contribution in [0, 0.1) is 5.92 Å². The fourth-order valence-corrected chi connectivity index (χ4v) is 2.65.